The molecule has 0 aliphatic rings. The molecule has 2 aromatic carbocycles. The Bertz CT molecular complexity index is 676. The molecule has 0 radical (unpaired) electrons. The maximum absolute atomic E-state index is 13.2. The van der Waals surface area contributed by atoms with E-state index in [1.54, 1.807) is 30.3 Å². The molecular formula is C18H21ClFN3O. The van der Waals surface area contributed by atoms with Crippen LogP contribution in [0.3, 0.4) is 0 Å². The fourth-order valence-electron chi connectivity index (χ4n) is 2.14. The molecule has 2 aromatic rings. The molecule has 0 aliphatic heterocycles. The van der Waals surface area contributed by atoms with Gasteiger partial charge in [0.05, 0.1) is 12.6 Å². The van der Waals surface area contributed by atoms with Gasteiger partial charge in [-0.15, -0.1) is 0 Å². The predicted molar refractivity (Wildman–Crippen MR) is 95.6 cm³/mol. The third kappa shape index (κ3) is 5.83. The first kappa shape index (κ1) is 18.2. The van der Waals surface area contributed by atoms with Crippen molar-refractivity contribution >= 4 is 17.6 Å². The maximum atomic E-state index is 13.2. The Labute approximate surface area is 146 Å². The highest BCUT2D eigenvalue weighted by atomic mass is 35.5. The molecule has 0 fully saturated rings. The Morgan fingerprint density at radius 2 is 1.96 bits per heavy atom. The van der Waals surface area contributed by atoms with Gasteiger partial charge in [0.25, 0.3) is 0 Å². The fourth-order valence-corrected chi connectivity index (χ4v) is 2.27. The monoisotopic (exact) mass is 349 g/mol. The molecule has 0 amide bonds. The fraction of sp³-hybridized carbons (Fsp3) is 0.278. The zero-order chi connectivity index (χ0) is 17.4. The first-order valence-corrected chi connectivity index (χ1v) is 8.16. The van der Waals surface area contributed by atoms with E-state index in [4.69, 9.17) is 11.6 Å². The molecule has 2 rings (SSSR count). The molecule has 0 heterocycles. The number of halogens is 2. The molecule has 0 saturated heterocycles. The summed E-state index contributed by atoms with van der Waals surface area (Å²) in [5.41, 5.74) is 1.55. The van der Waals surface area contributed by atoms with Crippen LogP contribution in [0.5, 0.6) is 0 Å². The Hall–Kier alpha value is -2.11. The highest BCUT2D eigenvalue weighted by Gasteiger charge is 2.08. The molecule has 4 nitrogen and oxygen atoms in total. The van der Waals surface area contributed by atoms with Crippen molar-refractivity contribution in [2.24, 2.45) is 4.99 Å². The van der Waals surface area contributed by atoms with Gasteiger partial charge in [-0.2, -0.15) is 0 Å². The molecule has 0 bridgehead atoms. The van der Waals surface area contributed by atoms with Gasteiger partial charge < -0.3 is 15.7 Å². The number of hydrogen-bond acceptors (Lipinski definition) is 2. The topological polar surface area (TPSA) is 56.7 Å². The number of rotatable bonds is 6. The largest absolute Gasteiger partial charge is 0.387 e. The van der Waals surface area contributed by atoms with Crippen LogP contribution in [0.2, 0.25) is 5.02 Å². The van der Waals surface area contributed by atoms with Gasteiger partial charge in [0.15, 0.2) is 5.96 Å². The average Bonchev–Trinajstić information content (AvgIpc) is 2.58. The van der Waals surface area contributed by atoms with E-state index in [2.05, 4.69) is 15.6 Å². The maximum Gasteiger partial charge on any atom is 0.191 e. The molecule has 3 N–H and O–H groups in total. The Morgan fingerprint density at radius 1 is 1.21 bits per heavy atom. The lowest BCUT2D eigenvalue weighted by Gasteiger charge is -2.15. The van der Waals surface area contributed by atoms with Crippen molar-refractivity contribution in [3.8, 4) is 0 Å². The van der Waals surface area contributed by atoms with Crippen LogP contribution in [0.25, 0.3) is 0 Å². The van der Waals surface area contributed by atoms with E-state index in [1.165, 1.54) is 12.1 Å². The molecule has 0 aromatic heterocycles. The van der Waals surface area contributed by atoms with Gasteiger partial charge in [-0.3, -0.25) is 0 Å². The summed E-state index contributed by atoms with van der Waals surface area (Å²) in [5.74, 6) is 0.286. The summed E-state index contributed by atoms with van der Waals surface area (Å²) in [4.78, 5) is 4.40. The lowest BCUT2D eigenvalue weighted by molar-refractivity contribution is 0.181. The Balaban J connectivity index is 1.94. The second kappa shape index (κ2) is 9.25. The van der Waals surface area contributed by atoms with Crippen molar-refractivity contribution in [2.75, 3.05) is 13.1 Å². The van der Waals surface area contributed by atoms with Gasteiger partial charge in [-0.1, -0.05) is 35.9 Å². The van der Waals surface area contributed by atoms with Gasteiger partial charge in [-0.05, 0) is 42.3 Å². The van der Waals surface area contributed by atoms with Crippen LogP contribution in [0.4, 0.5) is 4.39 Å². The summed E-state index contributed by atoms with van der Waals surface area (Å²) in [6.45, 7) is 3.29. The lowest BCUT2D eigenvalue weighted by atomic mass is 10.1. The standard InChI is InChI=1S/C18H21ClFN3O/c1-2-21-18(22-11-13-4-3-5-16(20)10-13)23-12-17(24)14-6-8-15(19)9-7-14/h3-10,17,24H,2,11-12H2,1H3,(H2,21,22,23). The summed E-state index contributed by atoms with van der Waals surface area (Å²) < 4.78 is 13.2. The van der Waals surface area contributed by atoms with Crippen LogP contribution >= 0.6 is 11.6 Å². The second-order valence-electron chi connectivity index (χ2n) is 5.27. The molecule has 1 unspecified atom stereocenters. The molecule has 1 atom stereocenters. The third-order valence-electron chi connectivity index (χ3n) is 3.37. The van der Waals surface area contributed by atoms with Crippen molar-refractivity contribution < 1.29 is 9.50 Å². The molecule has 24 heavy (non-hydrogen) atoms. The van der Waals surface area contributed by atoms with Crippen LogP contribution in [0, 0.1) is 5.82 Å². The number of benzene rings is 2. The SMILES string of the molecule is CCNC(=NCc1cccc(F)c1)NCC(O)c1ccc(Cl)cc1. The zero-order valence-corrected chi connectivity index (χ0v) is 14.2. The van der Waals surface area contributed by atoms with Gasteiger partial charge in [0.1, 0.15) is 5.82 Å². The van der Waals surface area contributed by atoms with E-state index in [0.717, 1.165) is 11.1 Å². The number of aliphatic hydroxyl groups excluding tert-OH is 1. The summed E-state index contributed by atoms with van der Waals surface area (Å²) in [6, 6.07) is 13.4. The van der Waals surface area contributed by atoms with Crippen LogP contribution in [-0.2, 0) is 6.54 Å². The van der Waals surface area contributed by atoms with Crippen molar-refractivity contribution in [1.82, 2.24) is 10.6 Å². The van der Waals surface area contributed by atoms with E-state index in [9.17, 15) is 9.50 Å². The zero-order valence-electron chi connectivity index (χ0n) is 13.5. The van der Waals surface area contributed by atoms with Crippen molar-refractivity contribution in [1.29, 1.82) is 0 Å². The number of hydrogen-bond donors (Lipinski definition) is 3. The van der Waals surface area contributed by atoms with Crippen molar-refractivity contribution in [3.05, 3.63) is 70.5 Å². The summed E-state index contributed by atoms with van der Waals surface area (Å²) in [7, 11) is 0. The number of nitrogens with one attached hydrogen (secondary N) is 2. The first-order valence-electron chi connectivity index (χ1n) is 7.78. The van der Waals surface area contributed by atoms with Crippen LogP contribution in [0.1, 0.15) is 24.2 Å². The van der Waals surface area contributed by atoms with Crippen molar-refractivity contribution in [2.45, 2.75) is 19.6 Å². The van der Waals surface area contributed by atoms with E-state index >= 15 is 0 Å². The number of aliphatic imine (C=N–C) groups is 1. The second-order valence-corrected chi connectivity index (χ2v) is 5.71. The number of nitrogens with zero attached hydrogens (tertiary/aromatic N) is 1. The van der Waals surface area contributed by atoms with Gasteiger partial charge in [0.2, 0.25) is 0 Å². The van der Waals surface area contributed by atoms with Crippen molar-refractivity contribution in [3.63, 3.8) is 0 Å². The van der Waals surface area contributed by atoms with E-state index in [1.807, 2.05) is 13.0 Å². The minimum atomic E-state index is -0.680. The molecule has 128 valence electrons. The molecular weight excluding hydrogens is 329 g/mol. The van der Waals surface area contributed by atoms with Crippen LogP contribution < -0.4 is 10.6 Å². The normalized spacial score (nSPS) is 12.8. The Kier molecular flexibility index (Phi) is 7.03. The predicted octanol–water partition coefficient (Wildman–Crippen LogP) is 3.27. The average molecular weight is 350 g/mol. The minimum Gasteiger partial charge on any atom is -0.387 e. The van der Waals surface area contributed by atoms with E-state index < -0.39 is 6.10 Å². The first-order chi connectivity index (χ1) is 11.6. The quantitative estimate of drug-likeness (QED) is 0.554. The molecule has 0 saturated carbocycles. The molecule has 0 spiro atoms. The number of guanidine groups is 1. The van der Waals surface area contributed by atoms with Gasteiger partial charge in [-0.25, -0.2) is 9.38 Å². The number of aliphatic hydroxyl groups is 1. The van der Waals surface area contributed by atoms with Gasteiger partial charge in [0, 0.05) is 18.1 Å². The lowest BCUT2D eigenvalue weighted by Crippen LogP contribution is -2.39. The third-order valence-corrected chi connectivity index (χ3v) is 3.62. The van der Waals surface area contributed by atoms with Gasteiger partial charge >= 0.3 is 0 Å². The summed E-state index contributed by atoms with van der Waals surface area (Å²) >= 11 is 5.84. The molecule has 6 heteroatoms. The minimum absolute atomic E-state index is 0.279. The van der Waals surface area contributed by atoms with E-state index in [-0.39, 0.29) is 5.82 Å². The summed E-state index contributed by atoms with van der Waals surface area (Å²) in [5, 5.41) is 17.0. The summed E-state index contributed by atoms with van der Waals surface area (Å²) in [6.07, 6.45) is -0.680. The smallest absolute Gasteiger partial charge is 0.191 e. The highest BCUT2D eigenvalue weighted by Crippen LogP contribution is 2.15. The van der Waals surface area contributed by atoms with E-state index in [0.29, 0.717) is 30.6 Å². The highest BCUT2D eigenvalue weighted by molar-refractivity contribution is 6.30. The van der Waals surface area contributed by atoms with Crippen LogP contribution in [0.15, 0.2) is 53.5 Å². The van der Waals surface area contributed by atoms with Crippen LogP contribution in [-0.4, -0.2) is 24.2 Å². The molecule has 0 aliphatic carbocycles. The Morgan fingerprint density at radius 3 is 2.62 bits per heavy atom.